The number of carbonyl (C=O) groups excluding carboxylic acids is 3. The molecule has 0 heterocycles. The molecule has 2 amide bonds. The van der Waals surface area contributed by atoms with Gasteiger partial charge in [-0.2, -0.15) is 5.26 Å². The minimum Gasteiger partial charge on any atom is -0.449 e. The van der Waals surface area contributed by atoms with Gasteiger partial charge >= 0.3 is 12.1 Å². The van der Waals surface area contributed by atoms with E-state index in [1.807, 2.05) is 6.07 Å². The first-order valence-corrected chi connectivity index (χ1v) is 9.68. The highest BCUT2D eigenvalue weighted by Crippen LogP contribution is 2.21. The summed E-state index contributed by atoms with van der Waals surface area (Å²) in [6, 6.07) is 12.4. The zero-order valence-electron chi connectivity index (χ0n) is 17.5. The van der Waals surface area contributed by atoms with Crippen molar-refractivity contribution in [1.29, 1.82) is 5.26 Å². The van der Waals surface area contributed by atoms with E-state index in [2.05, 4.69) is 10.6 Å². The molecule has 0 spiro atoms. The lowest BCUT2D eigenvalue weighted by molar-refractivity contribution is -0.123. The van der Waals surface area contributed by atoms with Crippen LogP contribution < -0.4 is 10.6 Å². The number of esters is 1. The zero-order valence-corrected chi connectivity index (χ0v) is 18.2. The molecule has 2 aromatic rings. The number of ether oxygens (including phenoxy) is 2. The van der Waals surface area contributed by atoms with Crippen LogP contribution in [0.1, 0.15) is 43.6 Å². The molecule has 0 aliphatic rings. The van der Waals surface area contributed by atoms with Crippen molar-refractivity contribution in [1.82, 2.24) is 0 Å². The number of benzene rings is 2. The van der Waals surface area contributed by atoms with Gasteiger partial charge in [-0.25, -0.2) is 9.59 Å². The average Bonchev–Trinajstić information content (AvgIpc) is 2.66. The Balaban J connectivity index is 1.99. The second kappa shape index (κ2) is 9.96. The number of carbonyl (C=O) groups is 3. The van der Waals surface area contributed by atoms with Crippen molar-refractivity contribution in [3.8, 4) is 6.07 Å². The fourth-order valence-electron chi connectivity index (χ4n) is 2.35. The van der Waals surface area contributed by atoms with Gasteiger partial charge in [0.1, 0.15) is 11.7 Å². The van der Waals surface area contributed by atoms with Gasteiger partial charge in [0.05, 0.1) is 16.1 Å². The summed E-state index contributed by atoms with van der Waals surface area (Å²) in [6.45, 7) is 6.62. The lowest BCUT2D eigenvalue weighted by Crippen LogP contribution is -2.30. The second-order valence-electron chi connectivity index (χ2n) is 7.55. The van der Waals surface area contributed by atoms with E-state index in [4.69, 9.17) is 26.3 Å². The largest absolute Gasteiger partial charge is 0.449 e. The molecule has 1 unspecified atom stereocenters. The van der Waals surface area contributed by atoms with Crippen LogP contribution in [0.25, 0.3) is 0 Å². The van der Waals surface area contributed by atoms with Crippen LogP contribution in [0.5, 0.6) is 0 Å². The van der Waals surface area contributed by atoms with Crippen molar-refractivity contribution in [2.24, 2.45) is 0 Å². The monoisotopic (exact) mass is 443 g/mol. The minimum absolute atomic E-state index is 0.148. The molecule has 1 atom stereocenters. The molecule has 2 N–H and O–H groups in total. The molecular weight excluding hydrogens is 422 g/mol. The fourth-order valence-corrected chi connectivity index (χ4v) is 2.58. The summed E-state index contributed by atoms with van der Waals surface area (Å²) >= 11 is 5.95. The van der Waals surface area contributed by atoms with Crippen LogP contribution in [0, 0.1) is 11.3 Å². The molecule has 0 radical (unpaired) electrons. The molecule has 9 heteroatoms. The summed E-state index contributed by atoms with van der Waals surface area (Å²) in [5.41, 5.74) is 0.463. The summed E-state index contributed by atoms with van der Waals surface area (Å²) in [5.74, 6) is -1.31. The third-order valence-electron chi connectivity index (χ3n) is 3.75. The van der Waals surface area contributed by atoms with Crippen molar-refractivity contribution >= 4 is 40.9 Å². The van der Waals surface area contributed by atoms with Crippen LogP contribution in [0.15, 0.2) is 42.5 Å². The number of halogens is 1. The van der Waals surface area contributed by atoms with Crippen LogP contribution in [0.2, 0.25) is 5.02 Å². The Morgan fingerprint density at radius 3 is 2.35 bits per heavy atom. The van der Waals surface area contributed by atoms with Crippen molar-refractivity contribution in [2.45, 2.75) is 39.4 Å². The molecule has 0 aliphatic heterocycles. The Morgan fingerprint density at radius 1 is 1.06 bits per heavy atom. The van der Waals surface area contributed by atoms with Crippen LogP contribution in [-0.4, -0.2) is 29.7 Å². The third-order valence-corrected chi connectivity index (χ3v) is 4.07. The molecule has 0 bridgehead atoms. The first-order chi connectivity index (χ1) is 14.5. The predicted octanol–water partition coefficient (Wildman–Crippen LogP) is 4.74. The first kappa shape index (κ1) is 23.7. The SMILES string of the molecule is CC(OC(=O)c1cccc(NC(=O)OC(C)(C)C)c1)C(=O)Nc1ccc(C#N)c(Cl)c1. The molecule has 0 aromatic heterocycles. The van der Waals surface area contributed by atoms with Gasteiger partial charge in [0.2, 0.25) is 0 Å². The molecule has 31 heavy (non-hydrogen) atoms. The molecule has 162 valence electrons. The Kier molecular flexibility index (Phi) is 7.61. The maximum absolute atomic E-state index is 12.4. The molecule has 0 aliphatic carbocycles. The Hall–Kier alpha value is -3.57. The summed E-state index contributed by atoms with van der Waals surface area (Å²) < 4.78 is 10.4. The van der Waals surface area contributed by atoms with E-state index in [1.165, 1.54) is 37.3 Å². The quantitative estimate of drug-likeness (QED) is 0.644. The number of hydrogen-bond donors (Lipinski definition) is 2. The predicted molar refractivity (Wildman–Crippen MR) is 116 cm³/mol. The fraction of sp³-hybridized carbons (Fsp3) is 0.273. The number of anilines is 2. The van der Waals surface area contributed by atoms with Gasteiger partial charge in [0.15, 0.2) is 6.10 Å². The summed E-state index contributed by atoms with van der Waals surface area (Å²) in [6.07, 6.45) is -1.77. The van der Waals surface area contributed by atoms with Crippen molar-refractivity contribution < 1.29 is 23.9 Å². The highest BCUT2D eigenvalue weighted by molar-refractivity contribution is 6.32. The van der Waals surface area contributed by atoms with E-state index in [-0.39, 0.29) is 16.1 Å². The highest BCUT2D eigenvalue weighted by atomic mass is 35.5. The van der Waals surface area contributed by atoms with E-state index < -0.39 is 29.7 Å². The van der Waals surface area contributed by atoms with Gasteiger partial charge in [0, 0.05) is 11.4 Å². The molecule has 2 rings (SSSR count). The minimum atomic E-state index is -1.11. The van der Waals surface area contributed by atoms with E-state index in [0.717, 1.165) is 0 Å². The summed E-state index contributed by atoms with van der Waals surface area (Å²) in [4.78, 5) is 36.6. The van der Waals surface area contributed by atoms with Gasteiger partial charge in [-0.05, 0) is 64.1 Å². The maximum atomic E-state index is 12.4. The van der Waals surface area contributed by atoms with Gasteiger partial charge in [-0.1, -0.05) is 17.7 Å². The maximum Gasteiger partial charge on any atom is 0.412 e. The molecule has 0 saturated heterocycles. The highest BCUT2D eigenvalue weighted by Gasteiger charge is 2.20. The Morgan fingerprint density at radius 2 is 1.74 bits per heavy atom. The van der Waals surface area contributed by atoms with E-state index in [1.54, 1.807) is 32.9 Å². The van der Waals surface area contributed by atoms with E-state index >= 15 is 0 Å². The normalized spacial score (nSPS) is 11.6. The Bertz CT molecular complexity index is 1040. The number of nitrogens with one attached hydrogen (secondary N) is 2. The van der Waals surface area contributed by atoms with Crippen LogP contribution in [0.3, 0.4) is 0 Å². The molecule has 0 fully saturated rings. The van der Waals surface area contributed by atoms with Crippen molar-refractivity contribution in [3.63, 3.8) is 0 Å². The number of amides is 2. The third kappa shape index (κ3) is 7.32. The average molecular weight is 444 g/mol. The molecule has 0 saturated carbocycles. The summed E-state index contributed by atoms with van der Waals surface area (Å²) in [5, 5.41) is 14.2. The van der Waals surface area contributed by atoms with Crippen LogP contribution in [-0.2, 0) is 14.3 Å². The van der Waals surface area contributed by atoms with Gasteiger partial charge in [-0.15, -0.1) is 0 Å². The molecule has 2 aromatic carbocycles. The number of nitrogens with zero attached hydrogens (tertiary/aromatic N) is 1. The zero-order chi connectivity index (χ0) is 23.2. The summed E-state index contributed by atoms with van der Waals surface area (Å²) in [7, 11) is 0. The second-order valence-corrected chi connectivity index (χ2v) is 7.96. The van der Waals surface area contributed by atoms with E-state index in [0.29, 0.717) is 11.4 Å². The smallest absolute Gasteiger partial charge is 0.412 e. The number of nitriles is 1. The first-order valence-electron chi connectivity index (χ1n) is 9.30. The number of rotatable bonds is 5. The van der Waals surface area contributed by atoms with Crippen molar-refractivity contribution in [2.75, 3.05) is 10.6 Å². The van der Waals surface area contributed by atoms with Crippen LogP contribution in [0.4, 0.5) is 16.2 Å². The van der Waals surface area contributed by atoms with Gasteiger partial charge in [0.25, 0.3) is 5.91 Å². The molecular formula is C22H22ClN3O5. The standard InChI is InChI=1S/C22H22ClN3O5/c1-13(19(27)25-17-9-8-15(12-24)18(23)11-17)30-20(28)14-6-5-7-16(10-14)26-21(29)31-22(2,3)4/h5-11,13H,1-4H3,(H,25,27)(H,26,29). The topological polar surface area (TPSA) is 118 Å². The van der Waals surface area contributed by atoms with Crippen LogP contribution >= 0.6 is 11.6 Å². The number of hydrogen-bond acceptors (Lipinski definition) is 6. The molecule has 8 nitrogen and oxygen atoms in total. The van der Waals surface area contributed by atoms with E-state index in [9.17, 15) is 14.4 Å². The van der Waals surface area contributed by atoms with Crippen molar-refractivity contribution in [3.05, 3.63) is 58.6 Å². The van der Waals surface area contributed by atoms with Gasteiger partial charge in [-0.3, -0.25) is 10.1 Å². The van der Waals surface area contributed by atoms with Gasteiger partial charge < -0.3 is 14.8 Å². The lowest BCUT2D eigenvalue weighted by Gasteiger charge is -2.19. The lowest BCUT2D eigenvalue weighted by atomic mass is 10.2. The Labute approximate surface area is 185 Å².